The Morgan fingerprint density at radius 1 is 0.947 bits per heavy atom. The van der Waals surface area contributed by atoms with E-state index < -0.39 is 15.9 Å². The SMILES string of the molecule is COc1cc(NS(=O)(=O)c2ccc(NC(=S)NC(=O)COc3cccc4ccccc34)cc2)nc(OC)n1. The van der Waals surface area contributed by atoms with E-state index in [9.17, 15) is 13.2 Å². The topological polar surface area (TPSA) is 141 Å². The molecule has 13 heteroatoms. The smallest absolute Gasteiger partial charge is 0.321 e. The Hall–Kier alpha value is -4.49. The second-order valence-electron chi connectivity index (χ2n) is 7.68. The van der Waals surface area contributed by atoms with Crippen molar-refractivity contribution in [1.29, 1.82) is 0 Å². The summed E-state index contributed by atoms with van der Waals surface area (Å²) in [6.45, 7) is -0.239. The minimum atomic E-state index is -3.98. The molecule has 0 fully saturated rings. The summed E-state index contributed by atoms with van der Waals surface area (Å²) in [7, 11) is -1.24. The number of methoxy groups -OCH3 is 2. The Labute approximate surface area is 224 Å². The van der Waals surface area contributed by atoms with Crippen LogP contribution in [0.15, 0.2) is 77.7 Å². The van der Waals surface area contributed by atoms with Crippen molar-refractivity contribution >= 4 is 55.5 Å². The quantitative estimate of drug-likeness (QED) is 0.264. The fourth-order valence-corrected chi connectivity index (χ4v) is 4.58. The first-order chi connectivity index (χ1) is 18.3. The number of rotatable bonds is 9. The molecule has 11 nitrogen and oxygen atoms in total. The predicted octanol–water partition coefficient (Wildman–Crippen LogP) is 3.34. The van der Waals surface area contributed by atoms with Crippen LogP contribution in [0.25, 0.3) is 10.8 Å². The van der Waals surface area contributed by atoms with Gasteiger partial charge in [0.05, 0.1) is 19.1 Å². The van der Waals surface area contributed by atoms with Crippen molar-refractivity contribution < 1.29 is 27.4 Å². The second kappa shape index (κ2) is 11.7. The molecular weight excluding hydrogens is 530 g/mol. The van der Waals surface area contributed by atoms with E-state index in [1.807, 2.05) is 36.4 Å². The van der Waals surface area contributed by atoms with Gasteiger partial charge in [0.15, 0.2) is 17.5 Å². The number of nitrogens with zero attached hydrogens (tertiary/aromatic N) is 2. The van der Waals surface area contributed by atoms with Gasteiger partial charge in [-0.1, -0.05) is 36.4 Å². The van der Waals surface area contributed by atoms with Crippen molar-refractivity contribution in [2.75, 3.05) is 30.9 Å². The third kappa shape index (κ3) is 6.63. The van der Waals surface area contributed by atoms with E-state index in [4.69, 9.17) is 26.4 Å². The van der Waals surface area contributed by atoms with Crippen molar-refractivity contribution in [2.45, 2.75) is 4.90 Å². The number of benzene rings is 3. The Kier molecular flexibility index (Phi) is 8.19. The molecule has 0 aliphatic carbocycles. The summed E-state index contributed by atoms with van der Waals surface area (Å²) in [5.41, 5.74) is 0.467. The highest BCUT2D eigenvalue weighted by molar-refractivity contribution is 7.92. The predicted molar refractivity (Wildman–Crippen MR) is 146 cm³/mol. The van der Waals surface area contributed by atoms with E-state index in [-0.39, 0.29) is 34.3 Å². The minimum absolute atomic E-state index is 0.0227. The normalized spacial score (nSPS) is 10.9. The summed E-state index contributed by atoms with van der Waals surface area (Å²) < 4.78 is 43.6. The van der Waals surface area contributed by atoms with E-state index in [0.717, 1.165) is 10.8 Å². The fourth-order valence-electron chi connectivity index (χ4n) is 3.36. The molecule has 38 heavy (non-hydrogen) atoms. The molecule has 1 heterocycles. The average Bonchev–Trinajstić information content (AvgIpc) is 2.91. The standard InChI is InChI=1S/C25H23N5O6S2/c1-34-23-14-21(27-24(29-23)35-2)30-38(32,33)18-12-10-17(11-13-18)26-25(37)28-22(31)15-36-20-9-5-7-16-6-3-4-8-19(16)20/h3-14H,15H2,1-2H3,(H,27,29,30)(H2,26,28,31,37). The van der Waals surface area contributed by atoms with Gasteiger partial charge in [0, 0.05) is 17.1 Å². The van der Waals surface area contributed by atoms with Crippen molar-refractivity contribution in [3.63, 3.8) is 0 Å². The Bertz CT molecular complexity index is 1550. The molecule has 0 radical (unpaired) electrons. The number of sulfonamides is 1. The van der Waals surface area contributed by atoms with Crippen LogP contribution in [0.2, 0.25) is 0 Å². The third-order valence-corrected chi connectivity index (χ3v) is 6.67. The fraction of sp³-hybridized carbons (Fsp3) is 0.120. The zero-order valence-electron chi connectivity index (χ0n) is 20.3. The van der Waals surface area contributed by atoms with Gasteiger partial charge in [-0.2, -0.15) is 9.97 Å². The van der Waals surface area contributed by atoms with E-state index in [0.29, 0.717) is 11.4 Å². The van der Waals surface area contributed by atoms with Gasteiger partial charge in [-0.05, 0) is 47.9 Å². The lowest BCUT2D eigenvalue weighted by Gasteiger charge is -2.12. The van der Waals surface area contributed by atoms with Crippen molar-refractivity contribution in [3.05, 3.63) is 72.8 Å². The van der Waals surface area contributed by atoms with E-state index in [1.54, 1.807) is 6.07 Å². The number of aromatic nitrogens is 2. The molecule has 196 valence electrons. The molecule has 0 aliphatic rings. The summed E-state index contributed by atoms with van der Waals surface area (Å²) in [6.07, 6.45) is 0. The highest BCUT2D eigenvalue weighted by atomic mass is 32.2. The van der Waals surface area contributed by atoms with Gasteiger partial charge in [-0.15, -0.1) is 0 Å². The number of carbonyl (C=O) groups excluding carboxylic acids is 1. The molecule has 0 unspecified atom stereocenters. The molecule has 0 aliphatic heterocycles. The number of hydrogen-bond acceptors (Lipinski definition) is 9. The van der Waals surface area contributed by atoms with E-state index in [1.165, 1.54) is 44.6 Å². The highest BCUT2D eigenvalue weighted by Gasteiger charge is 2.17. The number of amides is 1. The summed E-state index contributed by atoms with van der Waals surface area (Å²) in [4.78, 5) is 20.2. The van der Waals surface area contributed by atoms with Crippen LogP contribution in [0.1, 0.15) is 0 Å². The molecule has 0 saturated carbocycles. The van der Waals surface area contributed by atoms with Crippen LogP contribution in [0.4, 0.5) is 11.5 Å². The van der Waals surface area contributed by atoms with Crippen LogP contribution >= 0.6 is 12.2 Å². The van der Waals surface area contributed by atoms with Gasteiger partial charge >= 0.3 is 6.01 Å². The number of anilines is 2. The monoisotopic (exact) mass is 553 g/mol. The maximum Gasteiger partial charge on any atom is 0.321 e. The third-order valence-electron chi connectivity index (χ3n) is 5.10. The number of nitrogens with one attached hydrogen (secondary N) is 3. The molecule has 1 amide bonds. The summed E-state index contributed by atoms with van der Waals surface area (Å²) >= 11 is 5.19. The van der Waals surface area contributed by atoms with Crippen molar-refractivity contribution in [2.24, 2.45) is 0 Å². The molecule has 3 aromatic carbocycles. The highest BCUT2D eigenvalue weighted by Crippen LogP contribution is 2.25. The summed E-state index contributed by atoms with van der Waals surface area (Å²) in [5.74, 6) is 0.244. The maximum absolute atomic E-state index is 12.8. The van der Waals surface area contributed by atoms with E-state index >= 15 is 0 Å². The van der Waals surface area contributed by atoms with Crippen molar-refractivity contribution in [3.8, 4) is 17.6 Å². The number of thiocarbonyl (C=S) groups is 1. The first kappa shape index (κ1) is 26.6. The molecule has 4 aromatic rings. The molecule has 4 rings (SSSR count). The van der Waals surface area contributed by atoms with Gasteiger partial charge in [0.1, 0.15) is 5.75 Å². The number of fused-ring (bicyclic) bond motifs is 1. The maximum atomic E-state index is 12.8. The Balaban J connectivity index is 1.33. The molecule has 0 bridgehead atoms. The van der Waals surface area contributed by atoms with Gasteiger partial charge in [0.25, 0.3) is 15.9 Å². The lowest BCUT2D eigenvalue weighted by Crippen LogP contribution is -2.37. The Morgan fingerprint density at radius 2 is 1.68 bits per heavy atom. The summed E-state index contributed by atoms with van der Waals surface area (Å²) in [5, 5.41) is 7.29. The number of carbonyl (C=O) groups is 1. The van der Waals surface area contributed by atoms with Gasteiger partial charge < -0.3 is 19.5 Å². The largest absolute Gasteiger partial charge is 0.483 e. The Morgan fingerprint density at radius 3 is 2.42 bits per heavy atom. The minimum Gasteiger partial charge on any atom is -0.483 e. The van der Waals surface area contributed by atoms with Crippen molar-refractivity contribution in [1.82, 2.24) is 15.3 Å². The van der Waals surface area contributed by atoms with Gasteiger partial charge in [-0.3, -0.25) is 14.8 Å². The van der Waals surface area contributed by atoms with Crippen LogP contribution in [-0.4, -0.2) is 50.2 Å². The summed E-state index contributed by atoms with van der Waals surface area (Å²) in [6, 6.07) is 20.3. The zero-order chi connectivity index (χ0) is 27.1. The molecular formula is C25H23N5O6S2. The second-order valence-corrected chi connectivity index (χ2v) is 9.77. The lowest BCUT2D eigenvalue weighted by atomic mass is 10.1. The van der Waals surface area contributed by atoms with Crippen LogP contribution in [0, 0.1) is 0 Å². The first-order valence-corrected chi connectivity index (χ1v) is 13.0. The van der Waals surface area contributed by atoms with Crippen LogP contribution in [0.5, 0.6) is 17.6 Å². The molecule has 0 atom stereocenters. The van der Waals surface area contributed by atoms with Crippen LogP contribution in [-0.2, 0) is 14.8 Å². The van der Waals surface area contributed by atoms with Crippen LogP contribution < -0.4 is 29.6 Å². The number of hydrogen-bond donors (Lipinski definition) is 3. The van der Waals surface area contributed by atoms with Gasteiger partial charge in [-0.25, -0.2) is 8.42 Å². The number of ether oxygens (including phenoxy) is 3. The molecule has 3 N–H and O–H groups in total. The molecule has 0 spiro atoms. The van der Waals surface area contributed by atoms with Gasteiger partial charge in [0.2, 0.25) is 5.88 Å². The zero-order valence-corrected chi connectivity index (χ0v) is 21.9. The average molecular weight is 554 g/mol. The molecule has 1 aromatic heterocycles. The molecule has 0 saturated heterocycles. The lowest BCUT2D eigenvalue weighted by molar-refractivity contribution is -0.121. The first-order valence-electron chi connectivity index (χ1n) is 11.1. The van der Waals surface area contributed by atoms with E-state index in [2.05, 4.69) is 25.3 Å². The van der Waals surface area contributed by atoms with Crippen LogP contribution in [0.3, 0.4) is 0 Å².